The van der Waals surface area contributed by atoms with E-state index in [1.165, 1.54) is 7.11 Å². The molecule has 2 atom stereocenters. The minimum absolute atomic E-state index is 0.0133. The fourth-order valence-electron chi connectivity index (χ4n) is 3.34. The summed E-state index contributed by atoms with van der Waals surface area (Å²) in [6, 6.07) is 11.1. The van der Waals surface area contributed by atoms with Gasteiger partial charge < -0.3 is 25.4 Å². The SMILES string of the molecule is COc1ccccc1C(=O)NC(C(=O)NC(C)c1ccc2c(c1)NC(=O)CO2)C(C)C. The molecule has 1 heterocycles. The van der Waals surface area contributed by atoms with Crippen molar-refractivity contribution in [1.82, 2.24) is 10.6 Å². The Labute approximate surface area is 181 Å². The molecule has 31 heavy (non-hydrogen) atoms. The van der Waals surface area contributed by atoms with E-state index in [1.54, 1.807) is 36.4 Å². The zero-order valence-corrected chi connectivity index (χ0v) is 18.0. The first-order valence-corrected chi connectivity index (χ1v) is 10.1. The summed E-state index contributed by atoms with van der Waals surface area (Å²) in [4.78, 5) is 37.3. The van der Waals surface area contributed by atoms with Gasteiger partial charge in [-0.1, -0.05) is 32.0 Å². The number of nitrogens with one attached hydrogen (secondary N) is 3. The fourth-order valence-corrected chi connectivity index (χ4v) is 3.34. The van der Waals surface area contributed by atoms with E-state index in [9.17, 15) is 14.4 Å². The number of fused-ring (bicyclic) bond motifs is 1. The second-order valence-corrected chi connectivity index (χ2v) is 7.72. The third-order valence-corrected chi connectivity index (χ3v) is 5.08. The van der Waals surface area contributed by atoms with Crippen LogP contribution in [0.1, 0.15) is 42.7 Å². The van der Waals surface area contributed by atoms with Crippen LogP contribution in [0.15, 0.2) is 42.5 Å². The lowest BCUT2D eigenvalue weighted by Crippen LogP contribution is -2.50. The Morgan fingerprint density at radius 1 is 1.10 bits per heavy atom. The molecule has 3 rings (SSSR count). The van der Waals surface area contributed by atoms with Crippen molar-refractivity contribution in [3.63, 3.8) is 0 Å². The van der Waals surface area contributed by atoms with Crippen molar-refractivity contribution < 1.29 is 23.9 Å². The predicted molar refractivity (Wildman–Crippen MR) is 116 cm³/mol. The van der Waals surface area contributed by atoms with E-state index < -0.39 is 6.04 Å². The second kappa shape index (κ2) is 9.51. The van der Waals surface area contributed by atoms with Gasteiger partial charge in [0.05, 0.1) is 24.4 Å². The molecule has 1 aliphatic heterocycles. The lowest BCUT2D eigenvalue weighted by molar-refractivity contribution is -0.124. The summed E-state index contributed by atoms with van der Waals surface area (Å²) in [5, 5.41) is 8.51. The summed E-state index contributed by atoms with van der Waals surface area (Å²) in [7, 11) is 1.49. The van der Waals surface area contributed by atoms with Crippen LogP contribution in [-0.4, -0.2) is 37.5 Å². The standard InChI is InChI=1S/C23H27N3O5/c1-13(2)21(26-22(28)16-7-5-6-8-18(16)30-4)23(29)24-14(3)15-9-10-19-17(11-15)25-20(27)12-31-19/h5-11,13-14,21H,12H2,1-4H3,(H,24,29)(H,25,27)(H,26,28). The number of benzene rings is 2. The van der Waals surface area contributed by atoms with Crippen molar-refractivity contribution in [2.75, 3.05) is 19.0 Å². The molecule has 3 amide bonds. The summed E-state index contributed by atoms with van der Waals surface area (Å²) in [6.45, 7) is 5.55. The number of amides is 3. The monoisotopic (exact) mass is 425 g/mol. The van der Waals surface area contributed by atoms with Gasteiger partial charge >= 0.3 is 0 Å². The van der Waals surface area contributed by atoms with E-state index in [0.29, 0.717) is 22.7 Å². The lowest BCUT2D eigenvalue weighted by Gasteiger charge is -2.25. The molecule has 3 N–H and O–H groups in total. The van der Waals surface area contributed by atoms with Crippen molar-refractivity contribution in [2.24, 2.45) is 5.92 Å². The summed E-state index contributed by atoms with van der Waals surface area (Å²) in [5.41, 5.74) is 1.73. The summed E-state index contributed by atoms with van der Waals surface area (Å²) in [5.74, 6) is -0.0145. The highest BCUT2D eigenvalue weighted by Crippen LogP contribution is 2.30. The first-order chi connectivity index (χ1) is 14.8. The smallest absolute Gasteiger partial charge is 0.262 e. The van der Waals surface area contributed by atoms with Gasteiger partial charge in [-0.15, -0.1) is 0 Å². The number of rotatable bonds is 7. The van der Waals surface area contributed by atoms with Crippen molar-refractivity contribution >= 4 is 23.4 Å². The van der Waals surface area contributed by atoms with Crippen LogP contribution in [0.3, 0.4) is 0 Å². The topological polar surface area (TPSA) is 106 Å². The van der Waals surface area contributed by atoms with Crippen molar-refractivity contribution in [3.8, 4) is 11.5 Å². The van der Waals surface area contributed by atoms with Gasteiger partial charge in [0.2, 0.25) is 5.91 Å². The highest BCUT2D eigenvalue weighted by atomic mass is 16.5. The van der Waals surface area contributed by atoms with Crippen LogP contribution in [0.25, 0.3) is 0 Å². The molecule has 2 aromatic rings. The van der Waals surface area contributed by atoms with Gasteiger partial charge in [0.25, 0.3) is 11.8 Å². The van der Waals surface area contributed by atoms with E-state index in [4.69, 9.17) is 9.47 Å². The predicted octanol–water partition coefficient (Wildman–Crippen LogP) is 2.66. The molecule has 1 aliphatic rings. The number of hydrogen-bond acceptors (Lipinski definition) is 5. The van der Waals surface area contributed by atoms with Crippen LogP contribution < -0.4 is 25.4 Å². The van der Waals surface area contributed by atoms with Gasteiger partial charge in [0, 0.05) is 0 Å². The molecule has 164 valence electrons. The lowest BCUT2D eigenvalue weighted by atomic mass is 10.0. The molecule has 8 heteroatoms. The fraction of sp³-hybridized carbons (Fsp3) is 0.348. The average Bonchev–Trinajstić information content (AvgIpc) is 2.76. The maximum absolute atomic E-state index is 13.0. The van der Waals surface area contributed by atoms with Crippen molar-refractivity contribution in [2.45, 2.75) is 32.9 Å². The van der Waals surface area contributed by atoms with E-state index in [-0.39, 0.29) is 36.3 Å². The molecule has 2 aromatic carbocycles. The maximum Gasteiger partial charge on any atom is 0.262 e. The Morgan fingerprint density at radius 2 is 1.84 bits per heavy atom. The quantitative estimate of drug-likeness (QED) is 0.632. The number of para-hydroxylation sites is 1. The van der Waals surface area contributed by atoms with Gasteiger partial charge in [0.1, 0.15) is 17.5 Å². The molecular formula is C23H27N3O5. The largest absolute Gasteiger partial charge is 0.496 e. The van der Waals surface area contributed by atoms with Gasteiger partial charge in [-0.05, 0) is 42.7 Å². The number of carbonyl (C=O) groups is 3. The summed E-state index contributed by atoms with van der Waals surface area (Å²) < 4.78 is 10.6. The van der Waals surface area contributed by atoms with Crippen molar-refractivity contribution in [1.29, 1.82) is 0 Å². The zero-order valence-electron chi connectivity index (χ0n) is 18.0. The molecule has 0 aromatic heterocycles. The molecule has 0 aliphatic carbocycles. The van der Waals surface area contributed by atoms with Gasteiger partial charge in [-0.2, -0.15) is 0 Å². The zero-order chi connectivity index (χ0) is 22.5. The Morgan fingerprint density at radius 3 is 2.55 bits per heavy atom. The van der Waals surface area contributed by atoms with Crippen LogP contribution in [0.4, 0.5) is 5.69 Å². The van der Waals surface area contributed by atoms with Crippen LogP contribution in [0.2, 0.25) is 0 Å². The molecule has 0 bridgehead atoms. The molecule has 0 saturated heterocycles. The molecule has 0 saturated carbocycles. The Balaban J connectivity index is 1.71. The maximum atomic E-state index is 13.0. The normalized spacial score (nSPS) is 14.5. The Hall–Kier alpha value is -3.55. The van der Waals surface area contributed by atoms with Gasteiger partial charge in [-0.25, -0.2) is 0 Å². The van der Waals surface area contributed by atoms with Crippen molar-refractivity contribution in [3.05, 3.63) is 53.6 Å². The number of ether oxygens (including phenoxy) is 2. The number of hydrogen-bond donors (Lipinski definition) is 3. The first kappa shape index (κ1) is 22.1. The molecule has 8 nitrogen and oxygen atoms in total. The minimum atomic E-state index is -0.736. The molecular weight excluding hydrogens is 398 g/mol. The van der Waals surface area contributed by atoms with Gasteiger partial charge in [-0.3, -0.25) is 14.4 Å². The number of anilines is 1. The third-order valence-electron chi connectivity index (χ3n) is 5.08. The molecule has 0 fully saturated rings. The highest BCUT2D eigenvalue weighted by Gasteiger charge is 2.27. The molecule has 2 unspecified atom stereocenters. The van der Waals surface area contributed by atoms with E-state index in [2.05, 4.69) is 16.0 Å². The van der Waals surface area contributed by atoms with Crippen LogP contribution in [0, 0.1) is 5.92 Å². The van der Waals surface area contributed by atoms with Gasteiger partial charge in [0.15, 0.2) is 6.61 Å². The third kappa shape index (κ3) is 5.14. The molecule has 0 spiro atoms. The summed E-state index contributed by atoms with van der Waals surface area (Å²) in [6.07, 6.45) is 0. The van der Waals surface area contributed by atoms with E-state index >= 15 is 0 Å². The average molecular weight is 425 g/mol. The number of methoxy groups -OCH3 is 1. The second-order valence-electron chi connectivity index (χ2n) is 7.72. The van der Waals surface area contributed by atoms with E-state index in [1.807, 2.05) is 26.8 Å². The van der Waals surface area contributed by atoms with Crippen LogP contribution in [0.5, 0.6) is 11.5 Å². The molecule has 0 radical (unpaired) electrons. The Kier molecular flexibility index (Phi) is 6.79. The Bertz CT molecular complexity index is 989. The summed E-state index contributed by atoms with van der Waals surface area (Å²) >= 11 is 0. The van der Waals surface area contributed by atoms with Crippen LogP contribution >= 0.6 is 0 Å². The minimum Gasteiger partial charge on any atom is -0.496 e. The highest BCUT2D eigenvalue weighted by molar-refractivity contribution is 6.00. The van der Waals surface area contributed by atoms with E-state index in [0.717, 1.165) is 5.56 Å². The first-order valence-electron chi connectivity index (χ1n) is 10.1. The van der Waals surface area contributed by atoms with Crippen LogP contribution in [-0.2, 0) is 9.59 Å². The number of carbonyl (C=O) groups excluding carboxylic acids is 3.